The fraction of sp³-hybridized carbons (Fsp3) is 0.635. The van der Waals surface area contributed by atoms with E-state index in [1.807, 2.05) is 54.7 Å². The summed E-state index contributed by atoms with van der Waals surface area (Å²) in [5.41, 5.74) is 0. The normalized spacial score (nSPS) is 12.9. The molecule has 0 N–H and O–H groups in total. The summed E-state index contributed by atoms with van der Waals surface area (Å²) in [4.78, 5) is 37.8. The molecule has 0 saturated carbocycles. The van der Waals surface area contributed by atoms with Crippen molar-refractivity contribution in [3.63, 3.8) is 0 Å². The van der Waals surface area contributed by atoms with Gasteiger partial charge in [0.2, 0.25) is 0 Å². The van der Waals surface area contributed by atoms with Gasteiger partial charge in [-0.1, -0.05) is 208 Å². The molecule has 6 nitrogen and oxygen atoms in total. The third kappa shape index (κ3) is 43.5. The van der Waals surface area contributed by atoms with Crippen molar-refractivity contribution in [3.8, 4) is 0 Å². The van der Waals surface area contributed by atoms with Gasteiger partial charge in [-0.25, -0.2) is 0 Å². The van der Waals surface area contributed by atoms with E-state index >= 15 is 0 Å². The molecule has 0 aliphatic heterocycles. The summed E-state index contributed by atoms with van der Waals surface area (Å²) >= 11 is 0. The Morgan fingerprint density at radius 1 is 0.379 bits per heavy atom. The molecule has 0 aromatic heterocycles. The van der Waals surface area contributed by atoms with Gasteiger partial charge in [-0.15, -0.1) is 0 Å². The number of esters is 3. The fourth-order valence-electron chi connectivity index (χ4n) is 6.01. The molecule has 0 aliphatic carbocycles. The highest BCUT2D eigenvalue weighted by Gasteiger charge is 2.19. The molecule has 1 atom stereocenters. The van der Waals surface area contributed by atoms with E-state index in [0.29, 0.717) is 19.3 Å². The molecule has 58 heavy (non-hydrogen) atoms. The van der Waals surface area contributed by atoms with Crippen LogP contribution in [0.25, 0.3) is 0 Å². The quantitative estimate of drug-likeness (QED) is 0.0202. The van der Waals surface area contributed by atoms with Crippen LogP contribution in [-0.2, 0) is 28.6 Å². The molecule has 0 aromatic carbocycles. The van der Waals surface area contributed by atoms with Gasteiger partial charge in [0.1, 0.15) is 13.2 Å². The average molecular weight is 805 g/mol. The lowest BCUT2D eigenvalue weighted by molar-refractivity contribution is -0.167. The first-order chi connectivity index (χ1) is 28.5. The summed E-state index contributed by atoms with van der Waals surface area (Å²) in [6.07, 6.45) is 59.7. The first-order valence-electron chi connectivity index (χ1n) is 23.3. The van der Waals surface area contributed by atoms with E-state index in [0.717, 1.165) is 83.5 Å². The van der Waals surface area contributed by atoms with Gasteiger partial charge in [0.25, 0.3) is 0 Å². The maximum absolute atomic E-state index is 12.7. The lowest BCUT2D eigenvalue weighted by Crippen LogP contribution is -2.30. The molecule has 328 valence electrons. The van der Waals surface area contributed by atoms with Crippen molar-refractivity contribution in [2.24, 2.45) is 0 Å². The zero-order valence-corrected chi connectivity index (χ0v) is 37.3. The Kier molecular flexibility index (Phi) is 43.1. The van der Waals surface area contributed by atoms with E-state index in [1.165, 1.54) is 64.2 Å². The molecule has 0 fully saturated rings. The predicted octanol–water partition coefficient (Wildman–Crippen LogP) is 15.0. The molecule has 0 saturated heterocycles. The van der Waals surface area contributed by atoms with Crippen LogP contribution in [0.15, 0.2) is 97.2 Å². The molecular formula is C52H84O6. The summed E-state index contributed by atoms with van der Waals surface area (Å²) in [5.74, 6) is -1.01. The van der Waals surface area contributed by atoms with Crippen LogP contribution >= 0.6 is 0 Å². The first kappa shape index (κ1) is 54.3. The minimum Gasteiger partial charge on any atom is -0.462 e. The van der Waals surface area contributed by atoms with Crippen molar-refractivity contribution >= 4 is 17.9 Å². The smallest absolute Gasteiger partial charge is 0.306 e. The Bertz CT molecular complexity index is 1200. The van der Waals surface area contributed by atoms with Gasteiger partial charge < -0.3 is 14.2 Å². The number of hydrogen-bond donors (Lipinski definition) is 0. The number of carbonyl (C=O) groups is 3. The molecule has 0 aliphatic rings. The summed E-state index contributed by atoms with van der Waals surface area (Å²) in [5, 5.41) is 0. The van der Waals surface area contributed by atoms with Crippen molar-refractivity contribution in [2.75, 3.05) is 13.2 Å². The van der Waals surface area contributed by atoms with Gasteiger partial charge in [0.05, 0.1) is 0 Å². The maximum Gasteiger partial charge on any atom is 0.306 e. The van der Waals surface area contributed by atoms with Gasteiger partial charge in [-0.3, -0.25) is 14.4 Å². The summed E-state index contributed by atoms with van der Waals surface area (Å²) in [6.45, 7) is 6.28. The number of rotatable bonds is 40. The topological polar surface area (TPSA) is 78.9 Å². The number of allylic oxidation sites excluding steroid dienone is 16. The van der Waals surface area contributed by atoms with E-state index in [9.17, 15) is 14.4 Å². The van der Waals surface area contributed by atoms with E-state index in [2.05, 4.69) is 63.3 Å². The Morgan fingerprint density at radius 3 is 1.29 bits per heavy atom. The first-order valence-corrected chi connectivity index (χ1v) is 23.3. The average Bonchev–Trinajstić information content (AvgIpc) is 3.22. The van der Waals surface area contributed by atoms with Crippen LogP contribution in [0, 0.1) is 0 Å². The largest absolute Gasteiger partial charge is 0.462 e. The van der Waals surface area contributed by atoms with Crippen molar-refractivity contribution < 1.29 is 28.6 Å². The standard InChI is InChI=1S/C52H84O6/c1-4-7-10-13-16-19-22-24-25-26-28-30-33-36-39-42-45-51(54)57-48-49(47-56-50(53)44-41-38-35-32-29-21-18-15-12-9-6-3)58-52(55)46-43-40-37-34-31-27-23-20-17-14-11-8-5-2/h7-8,10-11,14,16-17,19-20,23-25,27,31,34,37,49H,4-6,9,12-13,15,18,21-22,26,28-30,32-33,35-36,38-48H2,1-3H3/b10-7-,11-8-,17-14-,19-16-,23-20-,25-24-,31-27-,37-34-. The van der Waals surface area contributed by atoms with Crippen LogP contribution in [0.4, 0.5) is 0 Å². The number of ether oxygens (including phenoxy) is 3. The highest BCUT2D eigenvalue weighted by atomic mass is 16.6. The van der Waals surface area contributed by atoms with E-state index < -0.39 is 6.10 Å². The Balaban J connectivity index is 4.51. The molecule has 0 heterocycles. The number of unbranched alkanes of at least 4 members (excludes halogenated alkanes) is 17. The summed E-state index contributed by atoms with van der Waals surface area (Å²) in [6, 6.07) is 0. The Hall–Kier alpha value is -3.67. The Morgan fingerprint density at radius 2 is 0.776 bits per heavy atom. The zero-order chi connectivity index (χ0) is 42.3. The minimum absolute atomic E-state index is 0.110. The van der Waals surface area contributed by atoms with Gasteiger partial charge >= 0.3 is 17.9 Å². The van der Waals surface area contributed by atoms with Crippen LogP contribution in [-0.4, -0.2) is 37.2 Å². The van der Waals surface area contributed by atoms with Crippen molar-refractivity contribution in [1.29, 1.82) is 0 Å². The van der Waals surface area contributed by atoms with Gasteiger partial charge in [0, 0.05) is 19.3 Å². The second-order valence-electron chi connectivity index (χ2n) is 15.0. The van der Waals surface area contributed by atoms with Gasteiger partial charge in [0.15, 0.2) is 6.10 Å². The summed E-state index contributed by atoms with van der Waals surface area (Å²) < 4.78 is 16.6. The molecule has 0 spiro atoms. The van der Waals surface area contributed by atoms with Crippen molar-refractivity contribution in [3.05, 3.63) is 97.2 Å². The second kappa shape index (κ2) is 46.0. The van der Waals surface area contributed by atoms with Crippen LogP contribution < -0.4 is 0 Å². The third-order valence-corrected chi connectivity index (χ3v) is 9.46. The van der Waals surface area contributed by atoms with Crippen LogP contribution in [0.3, 0.4) is 0 Å². The van der Waals surface area contributed by atoms with Crippen molar-refractivity contribution in [1.82, 2.24) is 0 Å². The predicted molar refractivity (Wildman–Crippen MR) is 247 cm³/mol. The lowest BCUT2D eigenvalue weighted by atomic mass is 10.1. The lowest BCUT2D eigenvalue weighted by Gasteiger charge is -2.18. The van der Waals surface area contributed by atoms with Crippen molar-refractivity contribution in [2.45, 2.75) is 200 Å². The minimum atomic E-state index is -0.817. The van der Waals surface area contributed by atoms with Gasteiger partial charge in [-0.05, 0) is 64.2 Å². The van der Waals surface area contributed by atoms with E-state index in [4.69, 9.17) is 14.2 Å². The highest BCUT2D eigenvalue weighted by molar-refractivity contribution is 5.71. The molecule has 0 amide bonds. The van der Waals surface area contributed by atoms with E-state index in [-0.39, 0.29) is 37.5 Å². The molecule has 0 radical (unpaired) electrons. The maximum atomic E-state index is 12.7. The summed E-state index contributed by atoms with van der Waals surface area (Å²) in [7, 11) is 0. The Labute approximate surface area is 356 Å². The monoisotopic (exact) mass is 805 g/mol. The molecule has 1 unspecified atom stereocenters. The second-order valence-corrected chi connectivity index (χ2v) is 15.0. The molecule has 6 heteroatoms. The van der Waals surface area contributed by atoms with Crippen LogP contribution in [0.5, 0.6) is 0 Å². The number of hydrogen-bond acceptors (Lipinski definition) is 6. The fourth-order valence-corrected chi connectivity index (χ4v) is 6.01. The van der Waals surface area contributed by atoms with Gasteiger partial charge in [-0.2, -0.15) is 0 Å². The zero-order valence-electron chi connectivity index (χ0n) is 37.3. The van der Waals surface area contributed by atoms with Crippen LogP contribution in [0.1, 0.15) is 194 Å². The molecular weight excluding hydrogens is 721 g/mol. The molecule has 0 aromatic rings. The SMILES string of the molecule is CC\C=C/C=C\C=C/C=C\C=C/CCCC(=O)OC(COC(=O)CCCCCCCC/C=C\C/C=C\C/C=C\CC)COC(=O)CCCCCCCCCCCCC. The van der Waals surface area contributed by atoms with E-state index in [1.54, 1.807) is 0 Å². The highest BCUT2D eigenvalue weighted by Crippen LogP contribution is 2.13. The van der Waals surface area contributed by atoms with Crippen LogP contribution in [0.2, 0.25) is 0 Å². The molecule has 0 rings (SSSR count). The molecule has 0 bridgehead atoms. The number of carbonyl (C=O) groups excluding carboxylic acids is 3. The third-order valence-electron chi connectivity index (χ3n) is 9.46.